The molecule has 5 heteroatoms. The van der Waals surface area contributed by atoms with Gasteiger partial charge in [0.25, 0.3) is 0 Å². The Morgan fingerprint density at radius 2 is 2.00 bits per heavy atom. The minimum absolute atomic E-state index is 0.191. The molecule has 0 spiro atoms. The standard InChI is InChI=1S/C11H21N3O2/c15-11(16)8-14-6-5-13-7-10(14)9-1-3-12-4-2-9/h9-10,12-13H,1-8H2,(H,15,16). The zero-order chi connectivity index (χ0) is 11.4. The Hall–Kier alpha value is -0.650. The first-order chi connectivity index (χ1) is 7.77. The van der Waals surface area contributed by atoms with Crippen LogP contribution in [-0.4, -0.2) is 61.3 Å². The molecule has 1 unspecified atom stereocenters. The molecule has 16 heavy (non-hydrogen) atoms. The fourth-order valence-corrected chi connectivity index (χ4v) is 2.83. The Labute approximate surface area is 96.2 Å². The maximum Gasteiger partial charge on any atom is 0.317 e. The van der Waals surface area contributed by atoms with Gasteiger partial charge in [-0.3, -0.25) is 9.69 Å². The molecule has 2 saturated heterocycles. The molecule has 0 radical (unpaired) electrons. The van der Waals surface area contributed by atoms with E-state index in [1.54, 1.807) is 0 Å². The highest BCUT2D eigenvalue weighted by molar-refractivity contribution is 5.69. The molecule has 0 aromatic carbocycles. The highest BCUT2D eigenvalue weighted by Crippen LogP contribution is 2.21. The Balaban J connectivity index is 1.94. The summed E-state index contributed by atoms with van der Waals surface area (Å²) in [6.45, 7) is 5.05. The second-order valence-corrected chi connectivity index (χ2v) is 4.72. The quantitative estimate of drug-likeness (QED) is 0.597. The molecule has 2 fully saturated rings. The van der Waals surface area contributed by atoms with Crippen LogP contribution in [0.2, 0.25) is 0 Å². The number of rotatable bonds is 3. The number of aliphatic carboxylic acids is 1. The maximum absolute atomic E-state index is 10.8. The smallest absolute Gasteiger partial charge is 0.317 e. The number of carboxylic acids is 1. The van der Waals surface area contributed by atoms with Gasteiger partial charge in [0.05, 0.1) is 6.54 Å². The van der Waals surface area contributed by atoms with E-state index < -0.39 is 5.97 Å². The van der Waals surface area contributed by atoms with E-state index in [4.69, 9.17) is 5.11 Å². The summed E-state index contributed by atoms with van der Waals surface area (Å²) >= 11 is 0. The van der Waals surface area contributed by atoms with Crippen molar-refractivity contribution < 1.29 is 9.90 Å². The predicted octanol–water partition coefficient (Wildman–Crippen LogP) is -0.656. The van der Waals surface area contributed by atoms with Crippen molar-refractivity contribution in [3.05, 3.63) is 0 Å². The lowest BCUT2D eigenvalue weighted by Gasteiger charge is -2.41. The molecule has 0 bridgehead atoms. The van der Waals surface area contributed by atoms with E-state index in [1.807, 2.05) is 0 Å². The van der Waals surface area contributed by atoms with Gasteiger partial charge in [-0.15, -0.1) is 0 Å². The van der Waals surface area contributed by atoms with Crippen molar-refractivity contribution in [1.29, 1.82) is 0 Å². The molecule has 0 amide bonds. The van der Waals surface area contributed by atoms with Gasteiger partial charge in [0.2, 0.25) is 0 Å². The van der Waals surface area contributed by atoms with E-state index in [9.17, 15) is 4.79 Å². The van der Waals surface area contributed by atoms with E-state index in [0.717, 1.165) is 32.7 Å². The lowest BCUT2D eigenvalue weighted by molar-refractivity contribution is -0.139. The summed E-state index contributed by atoms with van der Waals surface area (Å²) in [5.74, 6) is -0.0609. The van der Waals surface area contributed by atoms with Crippen molar-refractivity contribution in [2.45, 2.75) is 18.9 Å². The zero-order valence-electron chi connectivity index (χ0n) is 9.61. The average molecular weight is 227 g/mol. The van der Waals surface area contributed by atoms with Crippen LogP contribution in [0.1, 0.15) is 12.8 Å². The molecule has 0 aromatic rings. The molecular formula is C11H21N3O2. The van der Waals surface area contributed by atoms with Gasteiger partial charge < -0.3 is 15.7 Å². The van der Waals surface area contributed by atoms with Gasteiger partial charge in [-0.1, -0.05) is 0 Å². The molecule has 0 aromatic heterocycles. The summed E-state index contributed by atoms with van der Waals surface area (Å²) in [6, 6.07) is 0.409. The summed E-state index contributed by atoms with van der Waals surface area (Å²) in [4.78, 5) is 13.0. The molecule has 2 rings (SSSR count). The number of hydrogen-bond donors (Lipinski definition) is 3. The van der Waals surface area contributed by atoms with Crippen LogP contribution in [0.25, 0.3) is 0 Å². The van der Waals surface area contributed by atoms with Gasteiger partial charge >= 0.3 is 5.97 Å². The number of nitrogens with zero attached hydrogens (tertiary/aromatic N) is 1. The zero-order valence-corrected chi connectivity index (χ0v) is 9.61. The molecule has 0 aliphatic carbocycles. The monoisotopic (exact) mass is 227 g/mol. The summed E-state index contributed by atoms with van der Waals surface area (Å²) in [5.41, 5.74) is 0. The Kier molecular flexibility index (Phi) is 4.15. The fourth-order valence-electron chi connectivity index (χ4n) is 2.83. The van der Waals surface area contributed by atoms with Crippen molar-refractivity contribution in [3.63, 3.8) is 0 Å². The molecule has 92 valence electrons. The molecule has 2 aliphatic rings. The first kappa shape index (κ1) is 11.8. The van der Waals surface area contributed by atoms with Crippen LogP contribution in [0.3, 0.4) is 0 Å². The van der Waals surface area contributed by atoms with Gasteiger partial charge in [0.1, 0.15) is 0 Å². The van der Waals surface area contributed by atoms with Crippen molar-refractivity contribution in [2.75, 3.05) is 39.3 Å². The minimum atomic E-state index is -0.708. The summed E-state index contributed by atoms with van der Waals surface area (Å²) < 4.78 is 0. The van der Waals surface area contributed by atoms with Gasteiger partial charge in [0, 0.05) is 25.7 Å². The van der Waals surface area contributed by atoms with Crippen LogP contribution in [0.5, 0.6) is 0 Å². The molecular weight excluding hydrogens is 206 g/mol. The molecule has 5 nitrogen and oxygen atoms in total. The minimum Gasteiger partial charge on any atom is -0.480 e. The highest BCUT2D eigenvalue weighted by atomic mass is 16.4. The van der Waals surface area contributed by atoms with Crippen molar-refractivity contribution >= 4 is 5.97 Å². The third-order valence-corrected chi connectivity index (χ3v) is 3.66. The molecule has 1 atom stereocenters. The first-order valence-electron chi connectivity index (χ1n) is 6.14. The third-order valence-electron chi connectivity index (χ3n) is 3.66. The SMILES string of the molecule is O=C(O)CN1CCNCC1C1CCNCC1. The number of hydrogen-bond acceptors (Lipinski definition) is 4. The van der Waals surface area contributed by atoms with Gasteiger partial charge in [-0.2, -0.15) is 0 Å². The number of carboxylic acid groups (broad SMARTS) is 1. The van der Waals surface area contributed by atoms with Crippen LogP contribution in [0.4, 0.5) is 0 Å². The first-order valence-corrected chi connectivity index (χ1v) is 6.14. The number of carbonyl (C=O) groups is 1. The third kappa shape index (κ3) is 2.93. The number of nitrogens with one attached hydrogen (secondary N) is 2. The lowest BCUT2D eigenvalue weighted by Crippen LogP contribution is -2.57. The van der Waals surface area contributed by atoms with Gasteiger partial charge in [-0.25, -0.2) is 0 Å². The topological polar surface area (TPSA) is 64.6 Å². The van der Waals surface area contributed by atoms with Crippen molar-refractivity contribution in [3.8, 4) is 0 Å². The number of piperidine rings is 1. The Bertz CT molecular complexity index is 241. The Morgan fingerprint density at radius 3 is 2.69 bits per heavy atom. The van der Waals surface area contributed by atoms with Crippen LogP contribution >= 0.6 is 0 Å². The van der Waals surface area contributed by atoms with Crippen molar-refractivity contribution in [1.82, 2.24) is 15.5 Å². The highest BCUT2D eigenvalue weighted by Gasteiger charge is 2.31. The van der Waals surface area contributed by atoms with Crippen molar-refractivity contribution in [2.24, 2.45) is 5.92 Å². The van der Waals surface area contributed by atoms with E-state index in [0.29, 0.717) is 12.0 Å². The van der Waals surface area contributed by atoms with E-state index in [2.05, 4.69) is 15.5 Å². The molecule has 2 aliphatic heterocycles. The largest absolute Gasteiger partial charge is 0.480 e. The molecule has 0 saturated carbocycles. The predicted molar refractivity (Wildman–Crippen MR) is 61.5 cm³/mol. The van der Waals surface area contributed by atoms with E-state index >= 15 is 0 Å². The molecule has 3 N–H and O–H groups in total. The normalized spacial score (nSPS) is 29.1. The van der Waals surface area contributed by atoms with Crippen LogP contribution in [0.15, 0.2) is 0 Å². The summed E-state index contributed by atoms with van der Waals surface area (Å²) in [6.07, 6.45) is 2.34. The van der Waals surface area contributed by atoms with E-state index in [1.165, 1.54) is 12.8 Å². The average Bonchev–Trinajstić information content (AvgIpc) is 2.30. The van der Waals surface area contributed by atoms with Crippen LogP contribution in [-0.2, 0) is 4.79 Å². The lowest BCUT2D eigenvalue weighted by atomic mass is 9.88. The van der Waals surface area contributed by atoms with Crippen LogP contribution < -0.4 is 10.6 Å². The van der Waals surface area contributed by atoms with Gasteiger partial charge in [0.15, 0.2) is 0 Å². The van der Waals surface area contributed by atoms with Crippen LogP contribution in [0, 0.1) is 5.92 Å². The van der Waals surface area contributed by atoms with E-state index in [-0.39, 0.29) is 6.54 Å². The molecule has 2 heterocycles. The number of piperazine rings is 1. The second kappa shape index (κ2) is 5.61. The summed E-state index contributed by atoms with van der Waals surface area (Å²) in [7, 11) is 0. The summed E-state index contributed by atoms with van der Waals surface area (Å²) in [5, 5.41) is 15.6. The fraction of sp³-hybridized carbons (Fsp3) is 0.909. The second-order valence-electron chi connectivity index (χ2n) is 4.72. The van der Waals surface area contributed by atoms with Gasteiger partial charge in [-0.05, 0) is 31.8 Å². The maximum atomic E-state index is 10.8. The Morgan fingerprint density at radius 1 is 1.25 bits per heavy atom.